The van der Waals surface area contributed by atoms with E-state index in [1.165, 1.54) is 11.3 Å². The topological polar surface area (TPSA) is 78.3 Å². The molecule has 1 aliphatic heterocycles. The van der Waals surface area contributed by atoms with Gasteiger partial charge >= 0.3 is 0 Å². The second-order valence-corrected chi connectivity index (χ2v) is 5.34. The van der Waals surface area contributed by atoms with Gasteiger partial charge in [-0.1, -0.05) is 11.3 Å². The normalized spacial score (nSPS) is 30.3. The van der Waals surface area contributed by atoms with E-state index in [1.807, 2.05) is 6.92 Å². The average Bonchev–Trinajstić information content (AvgIpc) is 2.88. The Hall–Kier alpha value is -1.05. The zero-order valence-corrected chi connectivity index (χ0v) is 9.99. The van der Waals surface area contributed by atoms with Crippen LogP contribution in [0.4, 0.5) is 0 Å². The molecule has 0 bridgehead atoms. The first-order chi connectivity index (χ1) is 7.61. The number of fused-ring (bicyclic) bond motifs is 1. The Bertz CT molecular complexity index is 535. The van der Waals surface area contributed by atoms with E-state index in [0.717, 1.165) is 15.8 Å². The number of aromatic nitrogens is 4. The summed E-state index contributed by atoms with van der Waals surface area (Å²) in [7, 11) is 0. The van der Waals surface area contributed by atoms with Crippen molar-refractivity contribution >= 4 is 16.3 Å². The minimum Gasteiger partial charge on any atom is -0.379 e. The average molecular weight is 239 g/mol. The van der Waals surface area contributed by atoms with E-state index < -0.39 is 0 Å². The summed E-state index contributed by atoms with van der Waals surface area (Å²) in [6, 6.07) is -0.00313. The van der Waals surface area contributed by atoms with Crippen molar-refractivity contribution in [2.45, 2.75) is 25.3 Å². The fourth-order valence-electron chi connectivity index (χ4n) is 1.85. The maximum Gasteiger partial charge on any atom is 0.234 e. The smallest absolute Gasteiger partial charge is 0.234 e. The monoisotopic (exact) mass is 239 g/mol. The molecule has 0 radical (unpaired) electrons. The summed E-state index contributed by atoms with van der Waals surface area (Å²) < 4.78 is 7.19. The van der Waals surface area contributed by atoms with E-state index in [4.69, 9.17) is 10.5 Å². The highest BCUT2D eigenvalue weighted by Crippen LogP contribution is 2.34. The lowest BCUT2D eigenvalue weighted by Gasteiger charge is -2.23. The van der Waals surface area contributed by atoms with Crippen LogP contribution in [0.2, 0.25) is 0 Å². The molecule has 2 atom stereocenters. The Balaban J connectivity index is 2.11. The predicted molar refractivity (Wildman–Crippen MR) is 59.5 cm³/mol. The minimum absolute atomic E-state index is 0.00313. The van der Waals surface area contributed by atoms with Gasteiger partial charge in [-0.25, -0.2) is 0 Å². The molecule has 0 saturated carbocycles. The lowest BCUT2D eigenvalue weighted by molar-refractivity contribution is 0.179. The third-order valence-corrected chi connectivity index (χ3v) is 4.33. The first-order valence-corrected chi connectivity index (χ1v) is 5.95. The standard InChI is InChI=1S/C9H13N5OS/c1-5-11-12-8-14(5)13-7(16-8)9(2)4-15-3-6(9)10/h6H,3-4,10H2,1-2H3. The first kappa shape index (κ1) is 10.1. The van der Waals surface area contributed by atoms with Gasteiger partial charge in [0, 0.05) is 6.04 Å². The van der Waals surface area contributed by atoms with Crippen molar-refractivity contribution in [2.24, 2.45) is 5.73 Å². The number of rotatable bonds is 1. The Kier molecular flexibility index (Phi) is 2.04. The summed E-state index contributed by atoms with van der Waals surface area (Å²) in [5.41, 5.74) is 5.87. The zero-order chi connectivity index (χ0) is 11.3. The van der Waals surface area contributed by atoms with Gasteiger partial charge in [0.15, 0.2) is 5.82 Å². The molecule has 7 heteroatoms. The van der Waals surface area contributed by atoms with Gasteiger partial charge in [0.2, 0.25) is 4.96 Å². The molecule has 2 aromatic heterocycles. The van der Waals surface area contributed by atoms with Crippen LogP contribution < -0.4 is 5.73 Å². The van der Waals surface area contributed by atoms with Crippen molar-refractivity contribution in [3.63, 3.8) is 0 Å². The molecule has 3 heterocycles. The van der Waals surface area contributed by atoms with Crippen molar-refractivity contribution in [3.05, 3.63) is 10.8 Å². The van der Waals surface area contributed by atoms with Crippen LogP contribution in [-0.2, 0) is 10.2 Å². The third-order valence-electron chi connectivity index (χ3n) is 3.15. The molecule has 1 fully saturated rings. The highest BCUT2D eigenvalue weighted by atomic mass is 32.1. The Morgan fingerprint density at radius 2 is 2.38 bits per heavy atom. The Morgan fingerprint density at radius 3 is 3.00 bits per heavy atom. The van der Waals surface area contributed by atoms with Crippen molar-refractivity contribution < 1.29 is 4.74 Å². The number of hydrogen-bond acceptors (Lipinski definition) is 6. The molecule has 1 saturated heterocycles. The number of ether oxygens (including phenoxy) is 1. The predicted octanol–water partition coefficient (Wildman–Crippen LogP) is 0.109. The van der Waals surface area contributed by atoms with Crippen LogP contribution in [0.5, 0.6) is 0 Å². The maximum atomic E-state index is 6.07. The minimum atomic E-state index is -0.197. The second kappa shape index (κ2) is 3.22. The fraction of sp³-hybridized carbons (Fsp3) is 0.667. The molecule has 0 spiro atoms. The van der Waals surface area contributed by atoms with E-state index in [1.54, 1.807) is 4.52 Å². The van der Waals surface area contributed by atoms with Crippen LogP contribution in [0.25, 0.3) is 4.96 Å². The first-order valence-electron chi connectivity index (χ1n) is 5.14. The fourth-order valence-corrected chi connectivity index (χ4v) is 2.93. The summed E-state index contributed by atoms with van der Waals surface area (Å²) in [6.45, 7) is 5.19. The van der Waals surface area contributed by atoms with Crippen molar-refractivity contribution in [3.8, 4) is 0 Å². The molecule has 0 aliphatic carbocycles. The molecule has 1 aliphatic rings. The molecule has 16 heavy (non-hydrogen) atoms. The Labute approximate surface area is 96.4 Å². The van der Waals surface area contributed by atoms with Gasteiger partial charge in [-0.15, -0.1) is 10.2 Å². The largest absolute Gasteiger partial charge is 0.379 e. The number of hydrogen-bond donors (Lipinski definition) is 1. The summed E-state index contributed by atoms with van der Waals surface area (Å²) in [5.74, 6) is 0.800. The molecule has 2 N–H and O–H groups in total. The molecule has 2 aromatic rings. The summed E-state index contributed by atoms with van der Waals surface area (Å²) >= 11 is 1.54. The van der Waals surface area contributed by atoms with Crippen LogP contribution in [0.1, 0.15) is 17.8 Å². The summed E-state index contributed by atoms with van der Waals surface area (Å²) in [6.07, 6.45) is 0. The molecule has 6 nitrogen and oxygen atoms in total. The molecular formula is C9H13N5OS. The Morgan fingerprint density at radius 1 is 1.56 bits per heavy atom. The SMILES string of the molecule is Cc1nnc2sc(C3(C)COCC3N)nn12. The molecule has 86 valence electrons. The van der Waals surface area contributed by atoms with E-state index in [2.05, 4.69) is 22.2 Å². The molecule has 2 unspecified atom stereocenters. The van der Waals surface area contributed by atoms with Crippen molar-refractivity contribution in [2.75, 3.05) is 13.2 Å². The van der Waals surface area contributed by atoms with Crippen LogP contribution in [0.15, 0.2) is 0 Å². The highest BCUT2D eigenvalue weighted by Gasteiger charge is 2.42. The van der Waals surface area contributed by atoms with Gasteiger partial charge in [0.05, 0.1) is 18.6 Å². The zero-order valence-electron chi connectivity index (χ0n) is 9.17. The number of aryl methyl sites for hydroxylation is 1. The van der Waals surface area contributed by atoms with E-state index in [-0.39, 0.29) is 11.5 Å². The summed E-state index contributed by atoms with van der Waals surface area (Å²) in [4.78, 5) is 0.813. The van der Waals surface area contributed by atoms with Gasteiger partial charge < -0.3 is 10.5 Å². The van der Waals surface area contributed by atoms with Gasteiger partial charge in [-0.2, -0.15) is 9.61 Å². The molecular weight excluding hydrogens is 226 g/mol. The highest BCUT2D eigenvalue weighted by molar-refractivity contribution is 7.16. The lowest BCUT2D eigenvalue weighted by Crippen LogP contribution is -2.41. The van der Waals surface area contributed by atoms with Crippen molar-refractivity contribution in [1.29, 1.82) is 0 Å². The van der Waals surface area contributed by atoms with Crippen LogP contribution >= 0.6 is 11.3 Å². The maximum absolute atomic E-state index is 6.07. The van der Waals surface area contributed by atoms with Gasteiger partial charge in [-0.3, -0.25) is 0 Å². The van der Waals surface area contributed by atoms with Crippen molar-refractivity contribution in [1.82, 2.24) is 19.8 Å². The third kappa shape index (κ3) is 1.22. The van der Waals surface area contributed by atoms with Gasteiger partial charge in [0.25, 0.3) is 0 Å². The number of nitrogens with zero attached hydrogens (tertiary/aromatic N) is 4. The van der Waals surface area contributed by atoms with E-state index in [9.17, 15) is 0 Å². The van der Waals surface area contributed by atoms with Crippen LogP contribution in [0.3, 0.4) is 0 Å². The molecule has 3 rings (SSSR count). The van der Waals surface area contributed by atoms with E-state index >= 15 is 0 Å². The van der Waals surface area contributed by atoms with Gasteiger partial charge in [0.1, 0.15) is 5.01 Å². The van der Waals surface area contributed by atoms with Crippen LogP contribution in [-0.4, -0.2) is 39.1 Å². The number of nitrogens with two attached hydrogens (primary N) is 1. The lowest BCUT2D eigenvalue weighted by atomic mass is 9.87. The quantitative estimate of drug-likeness (QED) is 0.764. The molecule has 0 amide bonds. The van der Waals surface area contributed by atoms with Gasteiger partial charge in [-0.05, 0) is 13.8 Å². The van der Waals surface area contributed by atoms with Crippen LogP contribution in [0, 0.1) is 6.92 Å². The summed E-state index contributed by atoms with van der Waals surface area (Å²) in [5, 5.41) is 13.5. The van der Waals surface area contributed by atoms with E-state index in [0.29, 0.717) is 13.2 Å². The second-order valence-electron chi connectivity index (χ2n) is 4.39. The molecule has 0 aromatic carbocycles.